The molecule has 1 N–H and O–H groups in total. The van der Waals surface area contributed by atoms with Crippen LogP contribution in [0, 0.1) is 5.82 Å². The van der Waals surface area contributed by atoms with Crippen LogP contribution in [0.25, 0.3) is 17.0 Å². The van der Waals surface area contributed by atoms with Crippen LogP contribution in [0.4, 0.5) is 4.39 Å². The number of unbranched alkanes of at least 4 members (excludes halogenated alkanes) is 1. The highest BCUT2D eigenvalue weighted by atomic mass is 32.1. The molecule has 1 aromatic heterocycles. The van der Waals surface area contributed by atoms with Gasteiger partial charge < -0.3 is 24.2 Å². The summed E-state index contributed by atoms with van der Waals surface area (Å²) < 4.78 is 30.2. The topological polar surface area (TPSA) is 72.7 Å². The molecular formula is C24H23FN4O3S. The van der Waals surface area contributed by atoms with E-state index in [4.69, 9.17) is 31.2 Å². The van der Waals surface area contributed by atoms with E-state index in [0.717, 1.165) is 41.8 Å². The summed E-state index contributed by atoms with van der Waals surface area (Å²) in [4.78, 5) is 6.75. The zero-order valence-corrected chi connectivity index (χ0v) is 19.1. The lowest BCUT2D eigenvalue weighted by Gasteiger charge is -2.37. The molecular weight excluding hydrogens is 443 g/mol. The molecule has 0 amide bonds. The van der Waals surface area contributed by atoms with E-state index < -0.39 is 0 Å². The van der Waals surface area contributed by atoms with Crippen molar-refractivity contribution in [3.05, 3.63) is 65.4 Å². The van der Waals surface area contributed by atoms with Gasteiger partial charge in [-0.25, -0.2) is 4.39 Å². The number of nitrogens with one attached hydrogen (secondary N) is 1. The van der Waals surface area contributed by atoms with E-state index in [-0.39, 0.29) is 18.7 Å². The summed E-state index contributed by atoms with van der Waals surface area (Å²) >= 11 is 5.67. The van der Waals surface area contributed by atoms with Crippen molar-refractivity contribution in [2.45, 2.75) is 32.7 Å². The Labute approximate surface area is 196 Å². The van der Waals surface area contributed by atoms with Crippen molar-refractivity contribution in [1.29, 1.82) is 0 Å². The van der Waals surface area contributed by atoms with Gasteiger partial charge in [-0.15, -0.1) is 0 Å². The van der Waals surface area contributed by atoms with Crippen molar-refractivity contribution in [3.8, 4) is 22.9 Å². The zero-order chi connectivity index (χ0) is 22.9. The van der Waals surface area contributed by atoms with Crippen LogP contribution in [0.1, 0.15) is 44.2 Å². The molecule has 2 aromatic carbocycles. The maximum atomic E-state index is 13.6. The normalized spacial score (nSPS) is 17.5. The molecule has 1 unspecified atom stereocenters. The lowest BCUT2D eigenvalue weighted by Crippen LogP contribution is -2.46. The van der Waals surface area contributed by atoms with Crippen LogP contribution in [0.15, 0.2) is 52.7 Å². The fraction of sp³-hybridized carbons (Fsp3) is 0.292. The highest BCUT2D eigenvalue weighted by Crippen LogP contribution is 2.39. The van der Waals surface area contributed by atoms with Crippen LogP contribution in [-0.2, 0) is 0 Å². The van der Waals surface area contributed by atoms with E-state index in [1.54, 1.807) is 12.1 Å². The van der Waals surface area contributed by atoms with Crippen molar-refractivity contribution >= 4 is 22.9 Å². The average molecular weight is 467 g/mol. The molecule has 0 saturated heterocycles. The number of allylic oxidation sites excluding steroid dienone is 1. The van der Waals surface area contributed by atoms with Crippen molar-refractivity contribution < 1.29 is 18.4 Å². The van der Waals surface area contributed by atoms with E-state index in [0.29, 0.717) is 28.3 Å². The number of hydrogen-bond donors (Lipinski definition) is 1. The number of nitrogens with zero attached hydrogens (tertiary/aromatic N) is 3. The highest BCUT2D eigenvalue weighted by Gasteiger charge is 2.34. The lowest BCUT2D eigenvalue weighted by atomic mass is 9.94. The van der Waals surface area contributed by atoms with E-state index in [9.17, 15) is 4.39 Å². The Bertz CT molecular complexity index is 1220. The Kier molecular flexibility index (Phi) is 5.72. The van der Waals surface area contributed by atoms with Crippen LogP contribution in [0.3, 0.4) is 0 Å². The second-order valence-corrected chi connectivity index (χ2v) is 8.32. The minimum absolute atomic E-state index is 0.195. The van der Waals surface area contributed by atoms with E-state index in [1.165, 1.54) is 12.1 Å². The first-order valence-corrected chi connectivity index (χ1v) is 11.2. The molecule has 33 heavy (non-hydrogen) atoms. The molecule has 3 heterocycles. The maximum absolute atomic E-state index is 13.6. The second kappa shape index (κ2) is 8.82. The fourth-order valence-corrected chi connectivity index (χ4v) is 4.38. The van der Waals surface area contributed by atoms with Gasteiger partial charge in [-0.05, 0) is 61.5 Å². The molecule has 7 nitrogen and oxygen atoms in total. The number of rotatable bonds is 6. The Balaban J connectivity index is 1.56. The van der Waals surface area contributed by atoms with E-state index in [1.807, 2.05) is 25.1 Å². The molecule has 5 rings (SSSR count). The molecule has 0 radical (unpaired) electrons. The first kappa shape index (κ1) is 21.4. The van der Waals surface area contributed by atoms with Gasteiger partial charge in [0, 0.05) is 17.8 Å². The zero-order valence-electron chi connectivity index (χ0n) is 18.3. The number of thiocarbonyl (C=S) groups is 1. The van der Waals surface area contributed by atoms with Gasteiger partial charge >= 0.3 is 0 Å². The molecule has 0 spiro atoms. The average Bonchev–Trinajstić information content (AvgIpc) is 3.48. The van der Waals surface area contributed by atoms with Crippen molar-refractivity contribution in [3.63, 3.8) is 0 Å². The summed E-state index contributed by atoms with van der Waals surface area (Å²) in [5, 5.41) is 8.22. The number of fused-ring (bicyclic) bond motifs is 1. The minimum Gasteiger partial charge on any atom is -0.454 e. The first-order valence-electron chi connectivity index (χ1n) is 10.8. The largest absolute Gasteiger partial charge is 0.454 e. The number of halogens is 1. The Morgan fingerprint density at radius 1 is 1.15 bits per heavy atom. The van der Waals surface area contributed by atoms with Crippen LogP contribution >= 0.6 is 12.2 Å². The van der Waals surface area contributed by atoms with Gasteiger partial charge in [-0.3, -0.25) is 0 Å². The lowest BCUT2D eigenvalue weighted by molar-refractivity contribution is 0.174. The van der Waals surface area contributed by atoms with Crippen molar-refractivity contribution in [2.75, 3.05) is 13.3 Å². The summed E-state index contributed by atoms with van der Waals surface area (Å²) in [6.45, 7) is 5.11. The predicted octanol–water partition coefficient (Wildman–Crippen LogP) is 5.07. The van der Waals surface area contributed by atoms with E-state index in [2.05, 4.69) is 22.3 Å². The Hall–Kier alpha value is -3.46. The minimum atomic E-state index is -0.346. The number of benzene rings is 2. The molecule has 2 aliphatic rings. The molecule has 0 saturated carbocycles. The first-order chi connectivity index (χ1) is 16.0. The molecule has 3 aromatic rings. The number of aromatic nitrogens is 2. The summed E-state index contributed by atoms with van der Waals surface area (Å²) in [6.07, 6.45) is 2.03. The SMILES string of the molecule is CCCCN1C(=S)NC(c2ccc(F)cc2)C(c2nc(-c3ccc4c(c3)OCO4)no2)=C1C. The summed E-state index contributed by atoms with van der Waals surface area (Å²) in [7, 11) is 0. The second-order valence-electron chi connectivity index (χ2n) is 7.93. The summed E-state index contributed by atoms with van der Waals surface area (Å²) in [6, 6.07) is 11.5. The van der Waals surface area contributed by atoms with E-state index >= 15 is 0 Å². The van der Waals surface area contributed by atoms with Gasteiger partial charge in [0.05, 0.1) is 11.6 Å². The predicted molar refractivity (Wildman–Crippen MR) is 125 cm³/mol. The third-order valence-electron chi connectivity index (χ3n) is 5.82. The van der Waals surface area contributed by atoms with Crippen molar-refractivity contribution in [1.82, 2.24) is 20.4 Å². The smallest absolute Gasteiger partial charge is 0.258 e. The molecule has 170 valence electrons. The van der Waals surface area contributed by atoms with Crippen LogP contribution < -0.4 is 14.8 Å². The Morgan fingerprint density at radius 3 is 2.73 bits per heavy atom. The van der Waals surface area contributed by atoms with Gasteiger partial charge in [0.1, 0.15) is 5.82 Å². The number of ether oxygens (including phenoxy) is 2. The molecule has 9 heteroatoms. The molecule has 0 fully saturated rings. The van der Waals surface area contributed by atoms with Crippen molar-refractivity contribution in [2.24, 2.45) is 0 Å². The standard InChI is InChI=1S/C24H23FN4O3S/c1-3-4-11-29-14(2)20(21(26-24(29)33)15-5-8-17(25)9-6-15)23-27-22(28-32-23)16-7-10-18-19(12-16)31-13-30-18/h5-10,12,21H,3-4,11,13H2,1-2H3,(H,26,33). The molecule has 2 aliphatic heterocycles. The van der Waals surface area contributed by atoms with Crippen LogP contribution in [0.2, 0.25) is 0 Å². The Morgan fingerprint density at radius 2 is 1.94 bits per heavy atom. The quantitative estimate of drug-likeness (QED) is 0.505. The summed E-state index contributed by atoms with van der Waals surface area (Å²) in [5.41, 5.74) is 3.35. The van der Waals surface area contributed by atoms with Gasteiger partial charge in [0.15, 0.2) is 16.6 Å². The van der Waals surface area contributed by atoms with Crippen LogP contribution in [0.5, 0.6) is 11.5 Å². The van der Waals surface area contributed by atoms with Gasteiger partial charge in [-0.2, -0.15) is 4.98 Å². The third-order valence-corrected chi connectivity index (χ3v) is 6.16. The van der Waals surface area contributed by atoms with Crippen LogP contribution in [-0.4, -0.2) is 33.5 Å². The van der Waals surface area contributed by atoms with Gasteiger partial charge in [0.25, 0.3) is 5.89 Å². The third kappa shape index (κ3) is 4.04. The summed E-state index contributed by atoms with van der Waals surface area (Å²) in [5.74, 6) is 1.86. The maximum Gasteiger partial charge on any atom is 0.258 e. The monoisotopic (exact) mass is 466 g/mol. The molecule has 0 bridgehead atoms. The highest BCUT2D eigenvalue weighted by molar-refractivity contribution is 7.80. The van der Waals surface area contributed by atoms with Gasteiger partial charge in [-0.1, -0.05) is 30.6 Å². The van der Waals surface area contributed by atoms with Gasteiger partial charge in [0.2, 0.25) is 12.6 Å². The molecule has 1 atom stereocenters. The number of hydrogen-bond acceptors (Lipinski definition) is 6. The fourth-order valence-electron chi connectivity index (χ4n) is 4.03. The molecule has 0 aliphatic carbocycles.